The number of hydrogen-bond acceptors (Lipinski definition) is 6. The summed E-state index contributed by atoms with van der Waals surface area (Å²) >= 11 is 0. The second kappa shape index (κ2) is 10.9. The summed E-state index contributed by atoms with van der Waals surface area (Å²) in [5.41, 5.74) is -7.72. The summed E-state index contributed by atoms with van der Waals surface area (Å²) in [5.74, 6) is -1.47. The molecule has 1 aliphatic rings. The topological polar surface area (TPSA) is 91.2 Å². The van der Waals surface area contributed by atoms with Gasteiger partial charge in [0.2, 0.25) is 0 Å². The van der Waals surface area contributed by atoms with Crippen molar-refractivity contribution < 1.29 is 53.1 Å². The van der Waals surface area contributed by atoms with E-state index in [0.29, 0.717) is 0 Å². The first-order valence-electron chi connectivity index (χ1n) is 12.5. The number of carbonyl (C=O) groups is 1. The summed E-state index contributed by atoms with van der Waals surface area (Å²) < 4.78 is 140. The maximum Gasteiger partial charge on any atom is 0.435 e. The van der Waals surface area contributed by atoms with Gasteiger partial charge in [-0.2, -0.15) is 26.3 Å². The first-order chi connectivity index (χ1) is 19.5. The molecular weight excluding hydrogens is 602 g/mol. The van der Waals surface area contributed by atoms with Crippen LogP contribution in [0.2, 0.25) is 0 Å². The number of rotatable bonds is 7. The summed E-state index contributed by atoms with van der Waals surface area (Å²) in [7, 11) is -4.44. The highest BCUT2D eigenvalue weighted by Crippen LogP contribution is 2.54. The molecule has 2 aromatic carbocycles. The number of carbonyl (C=O) groups excluding carboxylic acids is 1. The molecule has 1 aliphatic carbocycles. The van der Waals surface area contributed by atoms with Crippen LogP contribution in [0, 0.1) is 5.82 Å². The Kier molecular flexibility index (Phi) is 8.17. The van der Waals surface area contributed by atoms with Gasteiger partial charge in [-0.15, -0.1) is 5.10 Å². The summed E-state index contributed by atoms with van der Waals surface area (Å²) in [6.07, 6.45) is -11.6. The molecule has 42 heavy (non-hydrogen) atoms. The number of halogens is 8. The summed E-state index contributed by atoms with van der Waals surface area (Å²) in [6.45, 7) is 1.68. The fraction of sp³-hybridized carbons (Fsp3) is 0.423. The van der Waals surface area contributed by atoms with E-state index in [0.717, 1.165) is 36.4 Å². The van der Waals surface area contributed by atoms with Crippen molar-refractivity contribution in [3.8, 4) is 0 Å². The fourth-order valence-electron chi connectivity index (χ4n) is 5.13. The zero-order valence-electron chi connectivity index (χ0n) is 21.7. The predicted octanol–water partition coefficient (Wildman–Crippen LogP) is 6.37. The van der Waals surface area contributed by atoms with Crippen LogP contribution in [0.25, 0.3) is 0 Å². The van der Waals surface area contributed by atoms with Crippen molar-refractivity contribution in [3.63, 3.8) is 0 Å². The lowest BCUT2D eigenvalue weighted by atomic mass is 9.80. The van der Waals surface area contributed by atoms with Gasteiger partial charge in [-0.1, -0.05) is 29.5 Å². The minimum absolute atomic E-state index is 0.0753. The molecule has 0 radical (unpaired) electrons. The molecule has 1 fully saturated rings. The van der Waals surface area contributed by atoms with Crippen molar-refractivity contribution in [2.75, 3.05) is 6.61 Å². The van der Waals surface area contributed by atoms with Crippen LogP contribution in [0.1, 0.15) is 60.3 Å². The molecule has 0 spiro atoms. The third-order valence-corrected chi connectivity index (χ3v) is 9.93. The Morgan fingerprint density at radius 3 is 2.00 bits per heavy atom. The molecule has 0 N–H and O–H groups in total. The molecule has 228 valence electrons. The number of benzene rings is 2. The van der Waals surface area contributed by atoms with Gasteiger partial charge in [0.05, 0.1) is 23.7 Å². The number of sulfone groups is 1. The summed E-state index contributed by atoms with van der Waals surface area (Å²) in [6, 6.07) is 5.31. The number of esters is 1. The largest absolute Gasteiger partial charge is 0.461 e. The Hall–Kier alpha value is -3.56. The maximum atomic E-state index is 14.6. The maximum absolute atomic E-state index is 14.6. The van der Waals surface area contributed by atoms with Crippen LogP contribution in [0.4, 0.5) is 35.1 Å². The zero-order chi connectivity index (χ0) is 31.1. The number of hydrogen-bond donors (Lipinski definition) is 0. The standard InChI is InChI=1S/C26H23F8N3O4S/c1-2-41-22(38)21-15-37(36-35-21)19-11-13-23(14-12-19,42(39,40)20-9-7-18(27)8-10-20)16-3-5-17(6-4-16)24(28,25(29,30)31)26(32,33)34/h3-10,15,19H,2,11-14H2,1H3. The summed E-state index contributed by atoms with van der Waals surface area (Å²) in [5, 5.41) is 7.64. The van der Waals surface area contributed by atoms with Crippen LogP contribution in [0.5, 0.6) is 0 Å². The lowest BCUT2D eigenvalue weighted by Crippen LogP contribution is -2.50. The molecule has 1 saturated carbocycles. The van der Waals surface area contributed by atoms with Gasteiger partial charge in [-0.05, 0) is 62.4 Å². The van der Waals surface area contributed by atoms with Gasteiger partial charge in [0.15, 0.2) is 15.5 Å². The molecule has 16 heteroatoms. The lowest BCUT2D eigenvalue weighted by Gasteiger charge is -2.40. The number of aromatic nitrogens is 3. The molecule has 0 saturated heterocycles. The van der Waals surface area contributed by atoms with E-state index in [1.807, 2.05) is 0 Å². The van der Waals surface area contributed by atoms with Crippen LogP contribution in [0.15, 0.2) is 59.6 Å². The van der Waals surface area contributed by atoms with Gasteiger partial charge in [-0.3, -0.25) is 0 Å². The highest BCUT2D eigenvalue weighted by Gasteiger charge is 2.73. The van der Waals surface area contributed by atoms with Crippen LogP contribution < -0.4 is 0 Å². The summed E-state index contributed by atoms with van der Waals surface area (Å²) in [4.78, 5) is 11.6. The highest BCUT2D eigenvalue weighted by molar-refractivity contribution is 7.92. The van der Waals surface area contributed by atoms with E-state index in [9.17, 15) is 48.3 Å². The molecule has 0 aliphatic heterocycles. The van der Waals surface area contributed by atoms with Gasteiger partial charge >= 0.3 is 24.0 Å². The molecule has 0 atom stereocenters. The molecular formula is C26H23F8N3O4S. The van der Waals surface area contributed by atoms with Crippen molar-refractivity contribution in [1.82, 2.24) is 15.0 Å². The van der Waals surface area contributed by atoms with Gasteiger partial charge < -0.3 is 4.74 Å². The smallest absolute Gasteiger partial charge is 0.435 e. The van der Waals surface area contributed by atoms with Crippen LogP contribution in [-0.4, -0.2) is 48.3 Å². The Labute approximate surface area is 234 Å². The highest BCUT2D eigenvalue weighted by atomic mass is 32.2. The molecule has 7 nitrogen and oxygen atoms in total. The molecule has 0 amide bonds. The molecule has 3 aromatic rings. The molecule has 0 bridgehead atoms. The van der Waals surface area contributed by atoms with E-state index in [4.69, 9.17) is 4.74 Å². The van der Waals surface area contributed by atoms with E-state index in [2.05, 4.69) is 10.3 Å². The van der Waals surface area contributed by atoms with Crippen molar-refractivity contribution in [3.05, 3.63) is 77.4 Å². The Morgan fingerprint density at radius 2 is 1.50 bits per heavy atom. The monoisotopic (exact) mass is 625 g/mol. The Balaban J connectivity index is 1.75. The molecule has 1 aromatic heterocycles. The minimum Gasteiger partial charge on any atom is -0.461 e. The quantitative estimate of drug-likeness (QED) is 0.172. The van der Waals surface area contributed by atoms with Crippen LogP contribution in [-0.2, 0) is 25.0 Å². The number of alkyl halides is 7. The molecule has 0 unspecified atom stereocenters. The van der Waals surface area contributed by atoms with Crippen LogP contribution >= 0.6 is 0 Å². The number of ether oxygens (including phenoxy) is 1. The second-order valence-electron chi connectivity index (χ2n) is 9.72. The minimum atomic E-state index is -6.34. The number of nitrogens with zero attached hydrogens (tertiary/aromatic N) is 3. The molecule has 1 heterocycles. The van der Waals surface area contributed by atoms with E-state index in [1.165, 1.54) is 10.9 Å². The van der Waals surface area contributed by atoms with Crippen molar-refractivity contribution in [1.29, 1.82) is 0 Å². The van der Waals surface area contributed by atoms with Crippen molar-refractivity contribution >= 4 is 15.8 Å². The van der Waals surface area contributed by atoms with Gasteiger partial charge in [0.1, 0.15) is 10.6 Å². The third kappa shape index (κ3) is 5.24. The average Bonchev–Trinajstić information content (AvgIpc) is 3.42. The fourth-order valence-corrected chi connectivity index (χ4v) is 7.30. The van der Waals surface area contributed by atoms with Gasteiger partial charge in [0.25, 0.3) is 0 Å². The van der Waals surface area contributed by atoms with Crippen LogP contribution in [0.3, 0.4) is 0 Å². The molecule has 4 rings (SSSR count). The van der Waals surface area contributed by atoms with E-state index in [-0.39, 0.29) is 60.6 Å². The van der Waals surface area contributed by atoms with E-state index >= 15 is 0 Å². The third-order valence-electron chi connectivity index (χ3n) is 7.36. The predicted molar refractivity (Wildman–Crippen MR) is 130 cm³/mol. The van der Waals surface area contributed by atoms with E-state index in [1.54, 1.807) is 6.92 Å². The zero-order valence-corrected chi connectivity index (χ0v) is 22.5. The van der Waals surface area contributed by atoms with Gasteiger partial charge in [0, 0.05) is 5.56 Å². The lowest BCUT2D eigenvalue weighted by molar-refractivity contribution is -0.348. The first kappa shape index (κ1) is 31.4. The first-order valence-corrected chi connectivity index (χ1v) is 14.0. The van der Waals surface area contributed by atoms with E-state index < -0.39 is 56.0 Å². The van der Waals surface area contributed by atoms with Crippen molar-refractivity contribution in [2.45, 2.75) is 66.3 Å². The Bertz CT molecular complexity index is 1510. The second-order valence-corrected chi connectivity index (χ2v) is 12.0. The SMILES string of the molecule is CCOC(=O)c1cn(C2CCC(c3ccc(C(F)(C(F)(F)F)C(F)(F)F)cc3)(S(=O)(=O)c3ccc(F)cc3)CC2)nn1. The normalized spacial score (nSPS) is 20.4. The van der Waals surface area contributed by atoms with Gasteiger partial charge in [-0.25, -0.2) is 26.7 Å². The van der Waals surface area contributed by atoms with Crippen molar-refractivity contribution in [2.24, 2.45) is 0 Å². The Morgan fingerprint density at radius 1 is 0.952 bits per heavy atom. The average molecular weight is 626 g/mol.